The average molecular weight is 276 g/mol. The lowest BCUT2D eigenvalue weighted by atomic mass is 10.2. The van der Waals surface area contributed by atoms with Crippen molar-refractivity contribution in [1.29, 1.82) is 0 Å². The summed E-state index contributed by atoms with van der Waals surface area (Å²) in [5.74, 6) is 0.225. The van der Waals surface area contributed by atoms with E-state index in [1.807, 2.05) is 36.4 Å². The molecule has 0 aliphatic rings. The zero-order valence-corrected chi connectivity index (χ0v) is 10.1. The lowest BCUT2D eigenvalue weighted by molar-refractivity contribution is 0.474. The zero-order valence-electron chi connectivity index (χ0n) is 8.47. The van der Waals surface area contributed by atoms with Gasteiger partial charge < -0.3 is 5.11 Å². The van der Waals surface area contributed by atoms with Gasteiger partial charge >= 0.3 is 0 Å². The Morgan fingerprint density at radius 1 is 1.06 bits per heavy atom. The SMILES string of the molecule is Oc1ccc(Br)cc1C=Nc1ccccc1. The molecule has 1 N–H and O–H groups in total. The van der Waals surface area contributed by atoms with Gasteiger partial charge in [0.25, 0.3) is 0 Å². The maximum atomic E-state index is 9.60. The van der Waals surface area contributed by atoms with Crippen LogP contribution in [0.25, 0.3) is 0 Å². The molecule has 0 spiro atoms. The normalized spacial score (nSPS) is 10.8. The van der Waals surface area contributed by atoms with Crippen molar-refractivity contribution < 1.29 is 5.11 Å². The van der Waals surface area contributed by atoms with Crippen LogP contribution in [0.5, 0.6) is 5.75 Å². The molecule has 0 fully saturated rings. The Kier molecular flexibility index (Phi) is 3.37. The second kappa shape index (κ2) is 4.94. The van der Waals surface area contributed by atoms with Crippen molar-refractivity contribution in [2.24, 2.45) is 4.99 Å². The molecule has 0 heterocycles. The van der Waals surface area contributed by atoms with Crippen molar-refractivity contribution in [3.05, 3.63) is 58.6 Å². The number of hydrogen-bond donors (Lipinski definition) is 1. The van der Waals surface area contributed by atoms with Crippen LogP contribution in [0.4, 0.5) is 5.69 Å². The number of phenols is 1. The first kappa shape index (κ1) is 10.9. The summed E-state index contributed by atoms with van der Waals surface area (Å²) < 4.78 is 0.916. The van der Waals surface area contributed by atoms with E-state index in [4.69, 9.17) is 0 Å². The van der Waals surface area contributed by atoms with Crippen LogP contribution in [0.1, 0.15) is 5.56 Å². The van der Waals surface area contributed by atoms with Crippen LogP contribution in [-0.2, 0) is 0 Å². The molecule has 0 aromatic heterocycles. The minimum absolute atomic E-state index is 0.225. The van der Waals surface area contributed by atoms with Crippen molar-refractivity contribution in [2.75, 3.05) is 0 Å². The molecule has 2 aromatic carbocycles. The van der Waals surface area contributed by atoms with Crippen molar-refractivity contribution in [3.8, 4) is 5.75 Å². The quantitative estimate of drug-likeness (QED) is 0.829. The van der Waals surface area contributed by atoms with E-state index in [0.29, 0.717) is 5.56 Å². The van der Waals surface area contributed by atoms with Gasteiger partial charge in [-0.25, -0.2) is 0 Å². The molecule has 80 valence electrons. The van der Waals surface area contributed by atoms with Gasteiger partial charge in [0.1, 0.15) is 5.75 Å². The summed E-state index contributed by atoms with van der Waals surface area (Å²) >= 11 is 3.35. The standard InChI is InChI=1S/C13H10BrNO/c14-11-6-7-13(16)10(8-11)9-15-12-4-2-1-3-5-12/h1-9,16H. The van der Waals surface area contributed by atoms with Crippen LogP contribution < -0.4 is 0 Å². The highest BCUT2D eigenvalue weighted by Gasteiger charge is 1.98. The van der Waals surface area contributed by atoms with Crippen LogP contribution in [0.2, 0.25) is 0 Å². The highest BCUT2D eigenvalue weighted by molar-refractivity contribution is 9.10. The third-order valence-electron chi connectivity index (χ3n) is 2.10. The van der Waals surface area contributed by atoms with Crippen molar-refractivity contribution in [3.63, 3.8) is 0 Å². The number of halogens is 1. The van der Waals surface area contributed by atoms with E-state index in [-0.39, 0.29) is 5.75 Å². The Labute approximate surface area is 102 Å². The molecule has 0 aliphatic carbocycles. The highest BCUT2D eigenvalue weighted by atomic mass is 79.9. The fourth-order valence-electron chi connectivity index (χ4n) is 1.29. The molecule has 2 rings (SSSR count). The van der Waals surface area contributed by atoms with Crippen molar-refractivity contribution >= 4 is 27.8 Å². The Hall–Kier alpha value is -1.61. The minimum atomic E-state index is 0.225. The highest BCUT2D eigenvalue weighted by Crippen LogP contribution is 2.21. The van der Waals surface area contributed by atoms with Gasteiger partial charge in [0.05, 0.1) is 5.69 Å². The van der Waals surface area contributed by atoms with Gasteiger partial charge in [0.15, 0.2) is 0 Å². The van der Waals surface area contributed by atoms with Gasteiger partial charge in [-0.2, -0.15) is 0 Å². The zero-order chi connectivity index (χ0) is 11.4. The van der Waals surface area contributed by atoms with Crippen LogP contribution in [-0.4, -0.2) is 11.3 Å². The summed E-state index contributed by atoms with van der Waals surface area (Å²) in [6.07, 6.45) is 1.65. The molecule has 0 aliphatic heterocycles. The fourth-order valence-corrected chi connectivity index (χ4v) is 1.67. The van der Waals surface area contributed by atoms with E-state index in [1.165, 1.54) is 0 Å². The van der Waals surface area contributed by atoms with Gasteiger partial charge in [-0.1, -0.05) is 34.1 Å². The van der Waals surface area contributed by atoms with Crippen LogP contribution in [0, 0.1) is 0 Å². The fraction of sp³-hybridized carbons (Fsp3) is 0. The molecule has 0 radical (unpaired) electrons. The Bertz CT molecular complexity index is 509. The van der Waals surface area contributed by atoms with Crippen LogP contribution in [0.15, 0.2) is 58.0 Å². The van der Waals surface area contributed by atoms with E-state index in [9.17, 15) is 5.11 Å². The predicted octanol–water partition coefficient (Wildman–Crippen LogP) is 3.91. The average Bonchev–Trinajstić information content (AvgIpc) is 2.32. The number of para-hydroxylation sites is 1. The molecule has 0 saturated heterocycles. The topological polar surface area (TPSA) is 32.6 Å². The lowest BCUT2D eigenvalue weighted by Gasteiger charge is -1.99. The number of nitrogens with zero attached hydrogens (tertiary/aromatic N) is 1. The third-order valence-corrected chi connectivity index (χ3v) is 2.59. The molecule has 0 saturated carbocycles. The van der Waals surface area contributed by atoms with E-state index in [1.54, 1.807) is 18.3 Å². The number of aliphatic imine (C=N–C) groups is 1. The van der Waals surface area contributed by atoms with Crippen molar-refractivity contribution in [1.82, 2.24) is 0 Å². The van der Waals surface area contributed by atoms with Crippen molar-refractivity contribution in [2.45, 2.75) is 0 Å². The number of phenolic OH excluding ortho intramolecular Hbond substituents is 1. The molecule has 0 atom stereocenters. The molecule has 3 heteroatoms. The number of hydrogen-bond acceptors (Lipinski definition) is 2. The Morgan fingerprint density at radius 2 is 1.81 bits per heavy atom. The molecular formula is C13H10BrNO. The number of benzene rings is 2. The molecule has 0 bridgehead atoms. The van der Waals surface area contributed by atoms with Gasteiger partial charge in [-0.3, -0.25) is 4.99 Å². The van der Waals surface area contributed by atoms with Gasteiger partial charge in [0, 0.05) is 16.3 Å². The molecule has 0 unspecified atom stereocenters. The first-order chi connectivity index (χ1) is 7.75. The van der Waals surface area contributed by atoms with Gasteiger partial charge in [-0.15, -0.1) is 0 Å². The molecular weight excluding hydrogens is 266 g/mol. The summed E-state index contributed by atoms with van der Waals surface area (Å²) in [5.41, 5.74) is 1.56. The largest absolute Gasteiger partial charge is 0.507 e. The Morgan fingerprint density at radius 3 is 2.56 bits per heavy atom. The van der Waals surface area contributed by atoms with Crippen LogP contribution in [0.3, 0.4) is 0 Å². The van der Waals surface area contributed by atoms with Gasteiger partial charge in [0.2, 0.25) is 0 Å². The molecule has 0 amide bonds. The summed E-state index contributed by atoms with van der Waals surface area (Å²) in [6.45, 7) is 0. The van der Waals surface area contributed by atoms with E-state index in [0.717, 1.165) is 10.2 Å². The van der Waals surface area contributed by atoms with E-state index < -0.39 is 0 Å². The Balaban J connectivity index is 2.27. The monoisotopic (exact) mass is 275 g/mol. The summed E-state index contributed by atoms with van der Waals surface area (Å²) in [5, 5.41) is 9.60. The smallest absolute Gasteiger partial charge is 0.124 e. The first-order valence-electron chi connectivity index (χ1n) is 4.83. The second-order valence-electron chi connectivity index (χ2n) is 3.30. The summed E-state index contributed by atoms with van der Waals surface area (Å²) in [6, 6.07) is 14.8. The molecule has 16 heavy (non-hydrogen) atoms. The first-order valence-corrected chi connectivity index (χ1v) is 5.62. The number of rotatable bonds is 2. The minimum Gasteiger partial charge on any atom is -0.507 e. The molecule has 2 aromatic rings. The maximum absolute atomic E-state index is 9.60. The third kappa shape index (κ3) is 2.70. The number of aromatic hydroxyl groups is 1. The maximum Gasteiger partial charge on any atom is 0.124 e. The van der Waals surface area contributed by atoms with E-state index in [2.05, 4.69) is 20.9 Å². The van der Waals surface area contributed by atoms with E-state index >= 15 is 0 Å². The second-order valence-corrected chi connectivity index (χ2v) is 4.21. The predicted molar refractivity (Wildman–Crippen MR) is 69.5 cm³/mol. The summed E-state index contributed by atoms with van der Waals surface area (Å²) in [7, 11) is 0. The molecule has 2 nitrogen and oxygen atoms in total. The lowest BCUT2D eigenvalue weighted by Crippen LogP contribution is -1.81. The van der Waals surface area contributed by atoms with Crippen LogP contribution >= 0.6 is 15.9 Å². The van der Waals surface area contributed by atoms with Gasteiger partial charge in [-0.05, 0) is 30.3 Å². The summed E-state index contributed by atoms with van der Waals surface area (Å²) in [4.78, 5) is 4.27.